The largest absolute Gasteiger partial charge is 0.342 e. The van der Waals surface area contributed by atoms with E-state index in [9.17, 15) is 4.79 Å². The number of hydrogen-bond donors (Lipinski definition) is 0. The summed E-state index contributed by atoms with van der Waals surface area (Å²) in [5, 5.41) is 0. The Morgan fingerprint density at radius 1 is 0.895 bits per heavy atom. The molecule has 2 unspecified atom stereocenters. The van der Waals surface area contributed by atoms with Crippen molar-refractivity contribution in [3.63, 3.8) is 0 Å². The summed E-state index contributed by atoms with van der Waals surface area (Å²) in [6, 6.07) is 0. The zero-order valence-corrected chi connectivity index (χ0v) is 12.1. The van der Waals surface area contributed by atoms with Crippen LogP contribution in [0.4, 0.5) is 0 Å². The van der Waals surface area contributed by atoms with Gasteiger partial charge in [0.25, 0.3) is 0 Å². The molecule has 1 aliphatic heterocycles. The quantitative estimate of drug-likeness (QED) is 0.706. The molecule has 0 aromatic rings. The van der Waals surface area contributed by atoms with Crippen molar-refractivity contribution in [3.8, 4) is 0 Å². The fourth-order valence-electron chi connectivity index (χ4n) is 5.86. The molecule has 5 fully saturated rings. The molecule has 5 aliphatic rings. The van der Waals surface area contributed by atoms with Crippen molar-refractivity contribution in [1.29, 1.82) is 0 Å². The van der Waals surface area contributed by atoms with E-state index in [1.165, 1.54) is 64.2 Å². The van der Waals surface area contributed by atoms with Crippen LogP contribution in [0, 0.1) is 23.2 Å². The first kappa shape index (κ1) is 12.2. The second kappa shape index (κ2) is 4.49. The van der Waals surface area contributed by atoms with E-state index in [0.717, 1.165) is 30.8 Å². The van der Waals surface area contributed by atoms with E-state index in [4.69, 9.17) is 0 Å². The highest BCUT2D eigenvalue weighted by atomic mass is 16.2. The van der Waals surface area contributed by atoms with Crippen molar-refractivity contribution in [2.45, 2.75) is 64.2 Å². The summed E-state index contributed by atoms with van der Waals surface area (Å²) in [6.45, 7) is 2.08. The molecule has 1 amide bonds. The molecular formula is C17H27NO. The van der Waals surface area contributed by atoms with Crippen LogP contribution in [0.15, 0.2) is 0 Å². The minimum Gasteiger partial charge on any atom is -0.342 e. The van der Waals surface area contributed by atoms with Gasteiger partial charge in [-0.25, -0.2) is 0 Å². The maximum absolute atomic E-state index is 13.1. The number of carbonyl (C=O) groups excluding carboxylic acids is 1. The summed E-state index contributed by atoms with van der Waals surface area (Å²) in [5.41, 5.74) is 0.0795. The molecule has 5 rings (SSSR count). The molecule has 0 aromatic heterocycles. The second-order valence-corrected chi connectivity index (χ2v) is 7.89. The average molecular weight is 261 g/mol. The maximum atomic E-state index is 13.1. The van der Waals surface area contributed by atoms with Gasteiger partial charge in [-0.05, 0) is 82.0 Å². The molecular weight excluding hydrogens is 234 g/mol. The van der Waals surface area contributed by atoms with Gasteiger partial charge in [0.1, 0.15) is 0 Å². The van der Waals surface area contributed by atoms with Crippen LogP contribution in [0.3, 0.4) is 0 Å². The fourth-order valence-corrected chi connectivity index (χ4v) is 5.86. The van der Waals surface area contributed by atoms with E-state index in [1.54, 1.807) is 0 Å². The zero-order valence-electron chi connectivity index (χ0n) is 12.1. The number of nitrogens with zero attached hydrogens (tertiary/aromatic N) is 1. The number of piperidine rings is 1. The number of fused-ring (bicyclic) bond motifs is 1. The molecule has 4 aliphatic carbocycles. The molecule has 1 saturated heterocycles. The first-order valence-electron chi connectivity index (χ1n) is 8.55. The lowest BCUT2D eigenvalue weighted by molar-refractivity contribution is -0.148. The molecule has 0 aromatic carbocycles. The number of rotatable bonds is 1. The highest BCUT2D eigenvalue weighted by molar-refractivity contribution is 5.83. The lowest BCUT2D eigenvalue weighted by Gasteiger charge is -2.46. The van der Waals surface area contributed by atoms with E-state index in [1.807, 2.05) is 0 Å². The Labute approximate surface area is 116 Å². The van der Waals surface area contributed by atoms with Crippen LogP contribution in [0.25, 0.3) is 0 Å². The zero-order chi connectivity index (χ0) is 12.9. The van der Waals surface area contributed by atoms with E-state index in [2.05, 4.69) is 4.90 Å². The minimum atomic E-state index is 0.0795. The predicted octanol–water partition coefficient (Wildman–Crippen LogP) is 3.61. The van der Waals surface area contributed by atoms with Gasteiger partial charge in [0.05, 0.1) is 0 Å². The van der Waals surface area contributed by atoms with Crippen molar-refractivity contribution in [3.05, 3.63) is 0 Å². The normalized spacial score (nSPS) is 45.3. The van der Waals surface area contributed by atoms with Crippen LogP contribution >= 0.6 is 0 Å². The van der Waals surface area contributed by atoms with Crippen LogP contribution < -0.4 is 0 Å². The lowest BCUT2D eigenvalue weighted by Crippen LogP contribution is -2.49. The van der Waals surface area contributed by atoms with Crippen molar-refractivity contribution in [2.24, 2.45) is 23.2 Å². The van der Waals surface area contributed by atoms with Crippen molar-refractivity contribution >= 4 is 5.91 Å². The van der Waals surface area contributed by atoms with E-state index < -0.39 is 0 Å². The number of hydrogen-bond acceptors (Lipinski definition) is 1. The van der Waals surface area contributed by atoms with Gasteiger partial charge in [-0.3, -0.25) is 4.79 Å². The monoisotopic (exact) mass is 261 g/mol. The third-order valence-electron chi connectivity index (χ3n) is 6.49. The summed E-state index contributed by atoms with van der Waals surface area (Å²) in [6.07, 6.45) is 13.1. The lowest BCUT2D eigenvalue weighted by atomic mass is 9.61. The smallest absolute Gasteiger partial charge is 0.228 e. The van der Waals surface area contributed by atoms with Crippen LogP contribution in [-0.2, 0) is 4.79 Å². The average Bonchev–Trinajstić information content (AvgIpc) is 2.64. The Kier molecular flexibility index (Phi) is 2.89. The van der Waals surface area contributed by atoms with Gasteiger partial charge in [-0.2, -0.15) is 0 Å². The van der Waals surface area contributed by atoms with Crippen molar-refractivity contribution in [2.75, 3.05) is 13.1 Å². The molecule has 0 spiro atoms. The highest BCUT2D eigenvalue weighted by Gasteiger charge is 2.52. The van der Waals surface area contributed by atoms with Crippen LogP contribution in [-0.4, -0.2) is 23.9 Å². The van der Waals surface area contributed by atoms with Gasteiger partial charge in [-0.1, -0.05) is 0 Å². The topological polar surface area (TPSA) is 20.3 Å². The molecule has 0 N–H and O–H groups in total. The second-order valence-electron chi connectivity index (χ2n) is 7.89. The third kappa shape index (κ3) is 2.02. The Bertz CT molecular complexity index is 357. The Morgan fingerprint density at radius 2 is 1.53 bits per heavy atom. The first-order valence-corrected chi connectivity index (χ1v) is 8.55. The summed E-state index contributed by atoms with van der Waals surface area (Å²) in [4.78, 5) is 15.4. The SMILES string of the molecule is O=C(N1CCCCC1)C12CCC3CC(CC(C3)C1)C2. The molecule has 2 heteroatoms. The van der Waals surface area contributed by atoms with Gasteiger partial charge >= 0.3 is 0 Å². The highest BCUT2D eigenvalue weighted by Crippen LogP contribution is 2.57. The molecule has 0 radical (unpaired) electrons. The Hall–Kier alpha value is -0.530. The summed E-state index contributed by atoms with van der Waals surface area (Å²) >= 11 is 0. The van der Waals surface area contributed by atoms with Crippen LogP contribution in [0.1, 0.15) is 64.2 Å². The molecule has 106 valence electrons. The minimum absolute atomic E-state index is 0.0795. The Balaban J connectivity index is 1.59. The molecule has 2 atom stereocenters. The standard InChI is InChI=1S/C17H27NO/c19-16(18-6-2-1-3-7-18)17-5-4-13-8-14(11-17)10-15(9-13)12-17/h13-15H,1-12H2. The summed E-state index contributed by atoms with van der Waals surface area (Å²) in [7, 11) is 0. The fraction of sp³-hybridized carbons (Fsp3) is 0.941. The molecule has 19 heavy (non-hydrogen) atoms. The van der Waals surface area contributed by atoms with E-state index in [0.29, 0.717) is 5.91 Å². The van der Waals surface area contributed by atoms with Gasteiger partial charge in [0.15, 0.2) is 0 Å². The summed E-state index contributed by atoms with van der Waals surface area (Å²) < 4.78 is 0. The first-order chi connectivity index (χ1) is 9.25. The molecule has 1 heterocycles. The molecule has 2 nitrogen and oxygen atoms in total. The van der Waals surface area contributed by atoms with Gasteiger partial charge in [-0.15, -0.1) is 0 Å². The van der Waals surface area contributed by atoms with Gasteiger partial charge in [0.2, 0.25) is 5.91 Å². The van der Waals surface area contributed by atoms with Crippen LogP contribution in [0.5, 0.6) is 0 Å². The van der Waals surface area contributed by atoms with Crippen LogP contribution in [0.2, 0.25) is 0 Å². The Morgan fingerprint density at radius 3 is 2.21 bits per heavy atom. The van der Waals surface area contributed by atoms with E-state index >= 15 is 0 Å². The van der Waals surface area contributed by atoms with Gasteiger partial charge in [0, 0.05) is 18.5 Å². The van der Waals surface area contributed by atoms with E-state index in [-0.39, 0.29) is 5.41 Å². The third-order valence-corrected chi connectivity index (χ3v) is 6.49. The molecule has 4 saturated carbocycles. The summed E-state index contributed by atoms with van der Waals surface area (Å²) in [5.74, 6) is 3.29. The number of amides is 1. The number of carbonyl (C=O) groups is 1. The van der Waals surface area contributed by atoms with Gasteiger partial charge < -0.3 is 4.90 Å². The molecule has 4 bridgehead atoms. The predicted molar refractivity (Wildman–Crippen MR) is 75.7 cm³/mol. The number of likely N-dealkylation sites (tertiary alicyclic amines) is 1. The van der Waals surface area contributed by atoms with Crippen molar-refractivity contribution < 1.29 is 4.79 Å². The maximum Gasteiger partial charge on any atom is 0.228 e. The van der Waals surface area contributed by atoms with Crippen molar-refractivity contribution in [1.82, 2.24) is 4.90 Å².